The van der Waals surface area contributed by atoms with E-state index in [4.69, 9.17) is 0 Å². The van der Waals surface area contributed by atoms with E-state index >= 15 is 0 Å². The summed E-state index contributed by atoms with van der Waals surface area (Å²) in [6.07, 6.45) is 6.43. The third-order valence-electron chi connectivity index (χ3n) is 3.37. The molecule has 0 spiro atoms. The zero-order valence-electron chi connectivity index (χ0n) is 9.76. The van der Waals surface area contributed by atoms with E-state index in [1.165, 1.54) is 17.7 Å². The summed E-state index contributed by atoms with van der Waals surface area (Å²) < 4.78 is 0. The molecule has 0 aromatic carbocycles. The van der Waals surface area contributed by atoms with Crippen LogP contribution >= 0.6 is 11.3 Å². The first kappa shape index (κ1) is 11.2. The molecular weight excluding hydrogens is 234 g/mol. The molecule has 1 atom stereocenters. The lowest BCUT2D eigenvalue weighted by atomic mass is 10.0. The van der Waals surface area contributed by atoms with Gasteiger partial charge in [0.25, 0.3) is 0 Å². The molecule has 1 aromatic heterocycles. The Bertz CT molecular complexity index is 388. The molecule has 2 fully saturated rings. The number of nitrogens with one attached hydrogen (secondary N) is 1. The number of hydrogen-bond acceptors (Lipinski definition) is 4. The molecule has 1 saturated carbocycles. The number of amides is 1. The van der Waals surface area contributed by atoms with Crippen molar-refractivity contribution in [3.63, 3.8) is 0 Å². The van der Waals surface area contributed by atoms with Crippen LogP contribution in [0.2, 0.25) is 0 Å². The van der Waals surface area contributed by atoms with Gasteiger partial charge in [-0.25, -0.2) is 0 Å². The number of hydrogen-bond donors (Lipinski definition) is 1. The average molecular weight is 251 g/mol. The van der Waals surface area contributed by atoms with Crippen LogP contribution in [-0.4, -0.2) is 34.4 Å². The Morgan fingerprint density at radius 1 is 1.47 bits per heavy atom. The maximum atomic E-state index is 12.3. The van der Waals surface area contributed by atoms with Crippen LogP contribution in [0.1, 0.15) is 30.6 Å². The van der Waals surface area contributed by atoms with Crippen molar-refractivity contribution in [3.05, 3.63) is 16.6 Å². The molecule has 3 rings (SSSR count). The van der Waals surface area contributed by atoms with Crippen molar-refractivity contribution >= 4 is 17.2 Å². The average Bonchev–Trinajstić information content (AvgIpc) is 2.99. The molecule has 1 aliphatic carbocycles. The Balaban J connectivity index is 1.61. The predicted molar refractivity (Wildman–Crippen MR) is 66.7 cm³/mol. The fourth-order valence-corrected chi connectivity index (χ4v) is 2.90. The Hall–Kier alpha value is -0.940. The van der Waals surface area contributed by atoms with E-state index in [2.05, 4.69) is 10.3 Å². The normalized spacial score (nSPS) is 25.3. The summed E-state index contributed by atoms with van der Waals surface area (Å²) in [6, 6.07) is 0.663. The second-order valence-corrected chi connectivity index (χ2v) is 5.83. The van der Waals surface area contributed by atoms with Crippen LogP contribution in [0, 0.1) is 0 Å². The lowest BCUT2D eigenvalue weighted by Gasteiger charge is -2.32. The van der Waals surface area contributed by atoms with Gasteiger partial charge in [-0.15, -0.1) is 11.3 Å². The van der Waals surface area contributed by atoms with Gasteiger partial charge < -0.3 is 10.2 Å². The molecule has 1 unspecified atom stereocenters. The molecule has 2 aliphatic rings. The minimum atomic E-state index is 0.0594. The van der Waals surface area contributed by atoms with Crippen LogP contribution in [0.15, 0.2) is 11.7 Å². The Morgan fingerprint density at radius 3 is 3.06 bits per heavy atom. The van der Waals surface area contributed by atoms with Crippen molar-refractivity contribution in [2.45, 2.75) is 44.3 Å². The number of likely N-dealkylation sites (tertiary alicyclic amines) is 1. The van der Waals surface area contributed by atoms with Crippen molar-refractivity contribution in [2.24, 2.45) is 0 Å². The highest BCUT2D eigenvalue weighted by molar-refractivity contribution is 7.09. The summed E-state index contributed by atoms with van der Waals surface area (Å²) in [6.45, 7) is 1.62. The van der Waals surface area contributed by atoms with Crippen LogP contribution in [0.3, 0.4) is 0 Å². The second-order valence-electron chi connectivity index (χ2n) is 4.86. The van der Waals surface area contributed by atoms with Gasteiger partial charge in [0.15, 0.2) is 0 Å². The zero-order valence-corrected chi connectivity index (χ0v) is 10.6. The van der Waals surface area contributed by atoms with Gasteiger partial charge in [-0.1, -0.05) is 0 Å². The molecule has 5 heteroatoms. The first-order chi connectivity index (χ1) is 8.33. The summed E-state index contributed by atoms with van der Waals surface area (Å²) in [7, 11) is 0. The minimum absolute atomic E-state index is 0.0594. The highest BCUT2D eigenvalue weighted by Crippen LogP contribution is 2.23. The standard InChI is InChI=1S/C12H17N3OS/c16-12-11(14-9-3-4-9)2-1-5-15(12)7-10-6-13-8-17-10/h6,8-9,11,14H,1-5,7H2. The van der Waals surface area contributed by atoms with Gasteiger partial charge in [0.05, 0.1) is 18.1 Å². The van der Waals surface area contributed by atoms with Gasteiger partial charge in [0, 0.05) is 23.7 Å². The third kappa shape index (κ3) is 2.66. The van der Waals surface area contributed by atoms with Crippen molar-refractivity contribution in [2.75, 3.05) is 6.54 Å². The van der Waals surface area contributed by atoms with Crippen molar-refractivity contribution in [1.29, 1.82) is 0 Å². The third-order valence-corrected chi connectivity index (χ3v) is 4.14. The molecule has 0 radical (unpaired) electrons. The van der Waals surface area contributed by atoms with Gasteiger partial charge in [-0.3, -0.25) is 9.78 Å². The Labute approximate surface area is 105 Å². The number of aromatic nitrogens is 1. The molecule has 1 N–H and O–H groups in total. The van der Waals surface area contributed by atoms with Crippen LogP contribution in [-0.2, 0) is 11.3 Å². The molecule has 1 aromatic rings. The second kappa shape index (κ2) is 4.74. The van der Waals surface area contributed by atoms with Crippen molar-refractivity contribution in [1.82, 2.24) is 15.2 Å². The number of piperidine rings is 1. The summed E-state index contributed by atoms with van der Waals surface area (Å²) >= 11 is 1.62. The summed E-state index contributed by atoms with van der Waals surface area (Å²) in [5.41, 5.74) is 1.82. The van der Waals surface area contributed by atoms with Crippen LogP contribution < -0.4 is 5.32 Å². The van der Waals surface area contributed by atoms with E-state index in [1.807, 2.05) is 16.6 Å². The van der Waals surface area contributed by atoms with E-state index in [0.717, 1.165) is 25.9 Å². The van der Waals surface area contributed by atoms with E-state index in [9.17, 15) is 4.79 Å². The number of thiazole rings is 1. The smallest absolute Gasteiger partial charge is 0.240 e. The van der Waals surface area contributed by atoms with E-state index in [-0.39, 0.29) is 11.9 Å². The fraction of sp³-hybridized carbons (Fsp3) is 0.667. The highest BCUT2D eigenvalue weighted by atomic mass is 32.1. The van der Waals surface area contributed by atoms with Crippen molar-refractivity contribution in [3.8, 4) is 0 Å². The lowest BCUT2D eigenvalue weighted by molar-refractivity contribution is -0.136. The van der Waals surface area contributed by atoms with Crippen LogP contribution in [0.25, 0.3) is 0 Å². The number of nitrogens with zero attached hydrogens (tertiary/aromatic N) is 2. The molecule has 1 saturated heterocycles. The fourth-order valence-electron chi connectivity index (χ4n) is 2.29. The summed E-state index contributed by atoms with van der Waals surface area (Å²) in [4.78, 5) is 19.5. The number of rotatable bonds is 4. The molecule has 1 amide bonds. The van der Waals surface area contributed by atoms with E-state index in [0.29, 0.717) is 6.04 Å². The van der Waals surface area contributed by atoms with Gasteiger partial charge >= 0.3 is 0 Å². The monoisotopic (exact) mass is 251 g/mol. The number of carbonyl (C=O) groups excluding carboxylic acids is 1. The minimum Gasteiger partial charge on any atom is -0.336 e. The maximum Gasteiger partial charge on any atom is 0.240 e. The molecule has 2 heterocycles. The number of carbonyl (C=O) groups is 1. The van der Waals surface area contributed by atoms with Crippen molar-refractivity contribution < 1.29 is 4.79 Å². The topological polar surface area (TPSA) is 45.2 Å². The van der Waals surface area contributed by atoms with E-state index in [1.54, 1.807) is 11.3 Å². The summed E-state index contributed by atoms with van der Waals surface area (Å²) in [5, 5.41) is 3.45. The molecule has 1 aliphatic heterocycles. The predicted octanol–water partition coefficient (Wildman–Crippen LogP) is 1.39. The molecule has 4 nitrogen and oxygen atoms in total. The summed E-state index contributed by atoms with van der Waals surface area (Å²) in [5.74, 6) is 0.275. The molecule has 0 bridgehead atoms. The molecule has 17 heavy (non-hydrogen) atoms. The first-order valence-electron chi connectivity index (χ1n) is 6.25. The zero-order chi connectivity index (χ0) is 11.7. The highest BCUT2D eigenvalue weighted by Gasteiger charge is 2.33. The van der Waals surface area contributed by atoms with Crippen LogP contribution in [0.5, 0.6) is 0 Å². The lowest BCUT2D eigenvalue weighted by Crippen LogP contribution is -2.50. The molecule has 92 valence electrons. The first-order valence-corrected chi connectivity index (χ1v) is 7.13. The largest absolute Gasteiger partial charge is 0.336 e. The van der Waals surface area contributed by atoms with E-state index < -0.39 is 0 Å². The Morgan fingerprint density at radius 2 is 2.35 bits per heavy atom. The SMILES string of the molecule is O=C1C(NC2CC2)CCCN1Cc1cncs1. The maximum absolute atomic E-state index is 12.3. The van der Waals surface area contributed by atoms with Gasteiger partial charge in [-0.05, 0) is 25.7 Å². The van der Waals surface area contributed by atoms with Gasteiger partial charge in [0.2, 0.25) is 5.91 Å². The molecular formula is C12H17N3OS. The Kier molecular flexibility index (Phi) is 3.11. The van der Waals surface area contributed by atoms with Gasteiger partial charge in [-0.2, -0.15) is 0 Å². The quantitative estimate of drug-likeness (QED) is 0.879. The van der Waals surface area contributed by atoms with Crippen LogP contribution in [0.4, 0.5) is 0 Å². The van der Waals surface area contributed by atoms with Gasteiger partial charge in [0.1, 0.15) is 0 Å².